The number of hydrogen-bond donors (Lipinski definition) is 1. The molecule has 0 aliphatic heterocycles. The van der Waals surface area contributed by atoms with E-state index in [9.17, 15) is 0 Å². The van der Waals surface area contributed by atoms with Crippen molar-refractivity contribution in [2.45, 2.75) is 37.6 Å². The Morgan fingerprint density at radius 1 is 1.12 bits per heavy atom. The first-order valence-corrected chi connectivity index (χ1v) is 8.33. The van der Waals surface area contributed by atoms with Crippen LogP contribution in [0.5, 0.6) is 0 Å². The van der Waals surface area contributed by atoms with Crippen LogP contribution in [-0.4, -0.2) is 15.1 Å². The van der Waals surface area contributed by atoms with Crippen LogP contribution in [-0.2, 0) is 18.4 Å². The molecule has 0 radical (unpaired) electrons. The predicted octanol–water partition coefficient (Wildman–Crippen LogP) is 3.50. The second kappa shape index (κ2) is 6.03. The average molecular weight is 345 g/mol. The minimum absolute atomic E-state index is 0.396. The maximum absolute atomic E-state index is 6.20. The molecular formula is C17H17ClN4O2. The van der Waals surface area contributed by atoms with Crippen LogP contribution in [0.3, 0.4) is 0 Å². The van der Waals surface area contributed by atoms with Gasteiger partial charge in [-0.25, -0.2) is 4.98 Å². The number of nitrogens with zero attached hydrogens (tertiary/aromatic N) is 3. The lowest BCUT2D eigenvalue weighted by atomic mass is 9.77. The molecule has 2 N–H and O–H groups in total. The highest BCUT2D eigenvalue weighted by atomic mass is 35.5. The van der Waals surface area contributed by atoms with E-state index in [4.69, 9.17) is 26.3 Å². The van der Waals surface area contributed by atoms with Gasteiger partial charge < -0.3 is 14.7 Å². The molecule has 124 valence electrons. The lowest BCUT2D eigenvalue weighted by Crippen LogP contribution is -2.44. The van der Waals surface area contributed by atoms with Gasteiger partial charge in [-0.1, -0.05) is 16.8 Å². The zero-order chi connectivity index (χ0) is 16.6. The third-order valence-corrected chi connectivity index (χ3v) is 4.65. The van der Waals surface area contributed by atoms with Gasteiger partial charge in [0.2, 0.25) is 5.89 Å². The van der Waals surface area contributed by atoms with Crippen LogP contribution in [0, 0.1) is 0 Å². The predicted molar refractivity (Wildman–Crippen MR) is 88.4 cm³/mol. The first-order chi connectivity index (χ1) is 11.6. The Kier molecular flexibility index (Phi) is 3.86. The highest BCUT2D eigenvalue weighted by Gasteiger charge is 2.38. The Hall–Kier alpha value is -2.18. The second-order valence-electron chi connectivity index (χ2n) is 6.15. The van der Waals surface area contributed by atoms with E-state index in [0.717, 1.165) is 24.8 Å². The van der Waals surface area contributed by atoms with Gasteiger partial charge in [-0.05, 0) is 43.5 Å². The summed E-state index contributed by atoms with van der Waals surface area (Å²) < 4.78 is 11.1. The van der Waals surface area contributed by atoms with Crippen LogP contribution in [0.25, 0.3) is 11.3 Å². The quantitative estimate of drug-likeness (QED) is 0.761. The van der Waals surface area contributed by atoms with E-state index in [1.807, 2.05) is 24.3 Å². The van der Waals surface area contributed by atoms with E-state index >= 15 is 0 Å². The molecule has 2 heterocycles. The lowest BCUT2D eigenvalue weighted by Gasteiger charge is -2.34. The molecule has 1 saturated carbocycles. The van der Waals surface area contributed by atoms with Crippen LogP contribution in [0.15, 0.2) is 39.4 Å². The monoisotopic (exact) mass is 344 g/mol. The largest absolute Gasteiger partial charge is 0.441 e. The van der Waals surface area contributed by atoms with Gasteiger partial charge in [-0.15, -0.1) is 0 Å². The maximum Gasteiger partial charge on any atom is 0.227 e. The molecule has 2 aromatic heterocycles. The molecule has 0 saturated heterocycles. The van der Waals surface area contributed by atoms with Crippen molar-refractivity contribution in [3.05, 3.63) is 53.1 Å². The third kappa shape index (κ3) is 2.95. The van der Waals surface area contributed by atoms with Gasteiger partial charge in [-0.3, -0.25) is 0 Å². The van der Waals surface area contributed by atoms with Gasteiger partial charge in [0.15, 0.2) is 17.5 Å². The highest BCUT2D eigenvalue weighted by Crippen LogP contribution is 2.36. The molecule has 0 spiro atoms. The molecular weight excluding hydrogens is 328 g/mol. The molecule has 0 amide bonds. The van der Waals surface area contributed by atoms with Gasteiger partial charge in [0.1, 0.15) is 0 Å². The smallest absolute Gasteiger partial charge is 0.227 e. The van der Waals surface area contributed by atoms with Crippen LogP contribution in [0.1, 0.15) is 36.9 Å². The number of oxazole rings is 1. The molecule has 0 atom stereocenters. The average Bonchev–Trinajstić information content (AvgIpc) is 3.21. The molecule has 1 aliphatic rings. The highest BCUT2D eigenvalue weighted by molar-refractivity contribution is 6.30. The molecule has 1 aliphatic carbocycles. The number of nitrogens with two attached hydrogens (primary N) is 1. The standard InChI is InChI=1S/C17H17ClN4O2/c18-12-4-2-11(3-5-12)13-10-20-14(23-13)6-7-15-21-16(22-24-15)17(19)8-1-9-17/h2-5,10H,1,6-9,19H2. The SMILES string of the molecule is NC1(c2noc(CCc3ncc(-c4ccc(Cl)cc4)o3)n2)CCC1. The number of rotatable bonds is 5. The van der Waals surface area contributed by atoms with Crippen LogP contribution >= 0.6 is 11.6 Å². The molecule has 7 heteroatoms. The molecule has 1 aromatic carbocycles. The zero-order valence-corrected chi connectivity index (χ0v) is 13.8. The van der Waals surface area contributed by atoms with Gasteiger partial charge in [0.05, 0.1) is 11.7 Å². The fourth-order valence-corrected chi connectivity index (χ4v) is 2.85. The Morgan fingerprint density at radius 3 is 2.58 bits per heavy atom. The van der Waals surface area contributed by atoms with Crippen molar-refractivity contribution in [1.29, 1.82) is 0 Å². The summed E-state index contributed by atoms with van der Waals surface area (Å²) in [5.74, 6) is 2.51. The number of aryl methyl sites for hydroxylation is 2. The summed E-state index contributed by atoms with van der Waals surface area (Å²) in [6, 6.07) is 7.44. The third-order valence-electron chi connectivity index (χ3n) is 4.39. The Balaban J connectivity index is 1.40. The molecule has 0 unspecified atom stereocenters. The van der Waals surface area contributed by atoms with Crippen LogP contribution < -0.4 is 5.73 Å². The van der Waals surface area contributed by atoms with Crippen LogP contribution in [0.4, 0.5) is 0 Å². The minimum atomic E-state index is -0.396. The molecule has 6 nitrogen and oxygen atoms in total. The van der Waals surface area contributed by atoms with Crippen molar-refractivity contribution in [2.75, 3.05) is 0 Å². The van der Waals surface area contributed by atoms with Gasteiger partial charge in [0.25, 0.3) is 0 Å². The lowest BCUT2D eigenvalue weighted by molar-refractivity contribution is 0.229. The van der Waals surface area contributed by atoms with Gasteiger partial charge in [0, 0.05) is 23.4 Å². The summed E-state index contributed by atoms with van der Waals surface area (Å²) in [5.41, 5.74) is 6.74. The first-order valence-electron chi connectivity index (χ1n) is 7.95. The summed E-state index contributed by atoms with van der Waals surface area (Å²) in [4.78, 5) is 8.71. The van der Waals surface area contributed by atoms with Crippen molar-refractivity contribution in [1.82, 2.24) is 15.1 Å². The van der Waals surface area contributed by atoms with E-state index in [-0.39, 0.29) is 0 Å². The summed E-state index contributed by atoms with van der Waals surface area (Å²) in [6.07, 6.45) is 5.81. The fourth-order valence-electron chi connectivity index (χ4n) is 2.73. The van der Waals surface area contributed by atoms with E-state index < -0.39 is 5.54 Å². The molecule has 3 aromatic rings. The topological polar surface area (TPSA) is 91.0 Å². The second-order valence-corrected chi connectivity index (χ2v) is 6.58. The molecule has 1 fully saturated rings. The Labute approximate surface area is 144 Å². The summed E-state index contributed by atoms with van der Waals surface area (Å²) >= 11 is 5.89. The van der Waals surface area contributed by atoms with Crippen molar-refractivity contribution < 1.29 is 8.94 Å². The number of aromatic nitrogens is 3. The van der Waals surface area contributed by atoms with Crippen molar-refractivity contribution in [3.63, 3.8) is 0 Å². The van der Waals surface area contributed by atoms with E-state index in [1.165, 1.54) is 0 Å². The summed E-state index contributed by atoms with van der Waals surface area (Å²) in [6.45, 7) is 0. The van der Waals surface area contributed by atoms with Crippen molar-refractivity contribution >= 4 is 11.6 Å². The van der Waals surface area contributed by atoms with Crippen molar-refractivity contribution in [2.24, 2.45) is 5.73 Å². The number of benzene rings is 1. The van der Waals surface area contributed by atoms with E-state index in [1.54, 1.807) is 6.20 Å². The fraction of sp³-hybridized carbons (Fsp3) is 0.353. The minimum Gasteiger partial charge on any atom is -0.441 e. The molecule has 0 bridgehead atoms. The van der Waals surface area contributed by atoms with Gasteiger partial charge in [-0.2, -0.15) is 4.98 Å². The van der Waals surface area contributed by atoms with Crippen LogP contribution in [0.2, 0.25) is 5.02 Å². The molecule has 4 rings (SSSR count). The summed E-state index contributed by atoms with van der Waals surface area (Å²) in [7, 11) is 0. The number of hydrogen-bond acceptors (Lipinski definition) is 6. The van der Waals surface area contributed by atoms with Gasteiger partial charge >= 0.3 is 0 Å². The normalized spacial score (nSPS) is 16.1. The zero-order valence-electron chi connectivity index (χ0n) is 13.0. The van der Waals surface area contributed by atoms with E-state index in [2.05, 4.69) is 15.1 Å². The molecule has 24 heavy (non-hydrogen) atoms. The maximum atomic E-state index is 6.20. The number of halogens is 1. The summed E-state index contributed by atoms with van der Waals surface area (Å²) in [5, 5.41) is 4.70. The Bertz CT molecular complexity index is 836. The van der Waals surface area contributed by atoms with Crippen molar-refractivity contribution in [3.8, 4) is 11.3 Å². The Morgan fingerprint density at radius 2 is 1.88 bits per heavy atom. The van der Waals surface area contributed by atoms with E-state index in [0.29, 0.717) is 41.2 Å². The first kappa shape index (κ1) is 15.4.